The molecule has 322 valence electrons. The van der Waals surface area contributed by atoms with Crippen molar-refractivity contribution in [2.45, 2.75) is 138 Å². The van der Waals surface area contributed by atoms with E-state index in [0.29, 0.717) is 35.0 Å². The van der Waals surface area contributed by atoms with Crippen LogP contribution in [0.15, 0.2) is 118 Å². The Labute approximate surface area is 377 Å². The molecule has 0 saturated heterocycles. The van der Waals surface area contributed by atoms with Crippen molar-refractivity contribution >= 4 is 28.1 Å². The van der Waals surface area contributed by atoms with Crippen LogP contribution in [0.1, 0.15) is 147 Å². The highest BCUT2D eigenvalue weighted by Crippen LogP contribution is 2.58. The van der Waals surface area contributed by atoms with Crippen molar-refractivity contribution < 1.29 is 4.74 Å². The first-order chi connectivity index (χ1) is 29.6. The molecule has 3 atom stereocenters. The molecule has 3 aliphatic carbocycles. The van der Waals surface area contributed by atoms with E-state index in [0.717, 1.165) is 44.2 Å². The average molecular weight is 832 g/mol. The Kier molecular flexibility index (Phi) is 10.2. The maximum Gasteiger partial charge on any atom is 0.137 e. The molecule has 3 aliphatic heterocycles. The zero-order valence-electron chi connectivity index (χ0n) is 39.8. The van der Waals surface area contributed by atoms with E-state index >= 15 is 0 Å². The van der Waals surface area contributed by atoms with E-state index < -0.39 is 0 Å². The smallest absolute Gasteiger partial charge is 0.137 e. The van der Waals surface area contributed by atoms with Gasteiger partial charge in [-0.3, -0.25) is 0 Å². The summed E-state index contributed by atoms with van der Waals surface area (Å²) in [5, 5.41) is 21.8. The molecule has 0 spiro atoms. The Morgan fingerprint density at radius 3 is 2.14 bits per heavy atom. The summed E-state index contributed by atoms with van der Waals surface area (Å²) in [6, 6.07) is 19.5. The first-order valence-corrected chi connectivity index (χ1v) is 23.4. The number of rotatable bonds is 5. The SMILES string of the molecule is CC1=CC(=C(C#N)C#N)C=C(/C=C/c2cc3c4c(c2)CCC(CC(C)(C)c2cc5c6c(cc(C(C)(C)C)cc6c2)C2C=C(C(C)(C)C)C=C6C=C(C(C)(C)C)C=C5C62)N4CCC3)O1. The number of hydrogen-bond donors (Lipinski definition) is 0. The minimum Gasteiger partial charge on any atom is -0.462 e. The number of allylic oxidation sites excluding steroid dienone is 14. The Bertz CT molecular complexity index is 2790. The maximum absolute atomic E-state index is 9.46. The van der Waals surface area contributed by atoms with Crippen LogP contribution in [-0.2, 0) is 28.4 Å². The number of hydrogen-bond acceptors (Lipinski definition) is 4. The number of ether oxygens (including phenoxy) is 1. The van der Waals surface area contributed by atoms with Crippen LogP contribution in [0.5, 0.6) is 0 Å². The molecular formula is C59H65N3O. The maximum atomic E-state index is 9.46. The quantitative estimate of drug-likeness (QED) is 0.240. The van der Waals surface area contributed by atoms with Gasteiger partial charge in [0, 0.05) is 35.7 Å². The molecule has 0 bridgehead atoms. The lowest BCUT2D eigenvalue weighted by Crippen LogP contribution is -2.45. The molecular weight excluding hydrogens is 767 g/mol. The summed E-state index contributed by atoms with van der Waals surface area (Å²) in [7, 11) is 0. The number of nitrogens with zero attached hydrogens (tertiary/aromatic N) is 3. The molecule has 0 fully saturated rings. The van der Waals surface area contributed by atoms with Crippen LogP contribution in [0.2, 0.25) is 0 Å². The van der Waals surface area contributed by atoms with Gasteiger partial charge < -0.3 is 9.64 Å². The number of nitriles is 2. The molecule has 63 heavy (non-hydrogen) atoms. The number of anilines is 1. The van der Waals surface area contributed by atoms with Crippen molar-refractivity contribution in [1.29, 1.82) is 10.5 Å². The van der Waals surface area contributed by atoms with Crippen LogP contribution in [0.4, 0.5) is 5.69 Å². The fourth-order valence-electron chi connectivity index (χ4n) is 11.2. The molecule has 0 N–H and O–H groups in total. The van der Waals surface area contributed by atoms with Crippen LogP contribution in [0, 0.1) is 39.4 Å². The fraction of sp³-hybridized carbons (Fsp3) is 0.424. The van der Waals surface area contributed by atoms with Gasteiger partial charge in [-0.05, 0) is 163 Å². The van der Waals surface area contributed by atoms with E-state index in [9.17, 15) is 10.5 Å². The molecule has 0 saturated carbocycles. The second kappa shape index (κ2) is 15.0. The van der Waals surface area contributed by atoms with Gasteiger partial charge in [-0.2, -0.15) is 10.5 Å². The molecule has 4 nitrogen and oxygen atoms in total. The summed E-state index contributed by atoms with van der Waals surface area (Å²) >= 11 is 0. The molecule has 3 unspecified atom stereocenters. The highest BCUT2D eigenvalue weighted by molar-refractivity contribution is 6.02. The number of fused-ring (bicyclic) bond motifs is 2. The van der Waals surface area contributed by atoms with Crippen molar-refractivity contribution in [3.05, 3.63) is 157 Å². The lowest BCUT2D eigenvalue weighted by molar-refractivity contribution is 0.318. The molecule has 0 amide bonds. The fourth-order valence-corrected chi connectivity index (χ4v) is 11.2. The summed E-state index contributed by atoms with van der Waals surface area (Å²) in [5.41, 5.74) is 17.9. The molecule has 0 aromatic heterocycles. The summed E-state index contributed by atoms with van der Waals surface area (Å²) < 4.78 is 5.98. The van der Waals surface area contributed by atoms with Crippen molar-refractivity contribution in [3.8, 4) is 12.1 Å². The Morgan fingerprint density at radius 2 is 1.46 bits per heavy atom. The van der Waals surface area contributed by atoms with Gasteiger partial charge in [0.05, 0.1) is 0 Å². The van der Waals surface area contributed by atoms with Crippen LogP contribution < -0.4 is 4.90 Å². The topological polar surface area (TPSA) is 60.0 Å². The van der Waals surface area contributed by atoms with Gasteiger partial charge in [0.2, 0.25) is 0 Å². The van der Waals surface area contributed by atoms with Gasteiger partial charge in [0.15, 0.2) is 0 Å². The van der Waals surface area contributed by atoms with E-state index in [2.05, 4.69) is 148 Å². The van der Waals surface area contributed by atoms with E-state index in [1.54, 1.807) is 12.2 Å². The molecule has 0 radical (unpaired) electrons. The zero-order valence-corrected chi connectivity index (χ0v) is 39.8. The number of benzene rings is 3. The van der Waals surface area contributed by atoms with Gasteiger partial charge in [-0.15, -0.1) is 0 Å². The molecule has 3 aromatic rings. The third kappa shape index (κ3) is 7.69. The van der Waals surface area contributed by atoms with E-state index in [1.807, 2.05) is 25.1 Å². The zero-order chi connectivity index (χ0) is 45.0. The van der Waals surface area contributed by atoms with E-state index in [-0.39, 0.29) is 27.2 Å². The van der Waals surface area contributed by atoms with Crippen molar-refractivity contribution in [1.82, 2.24) is 0 Å². The van der Waals surface area contributed by atoms with Crippen LogP contribution in [0.3, 0.4) is 0 Å². The first-order valence-electron chi connectivity index (χ1n) is 23.4. The van der Waals surface area contributed by atoms with Crippen LogP contribution >= 0.6 is 0 Å². The van der Waals surface area contributed by atoms with Gasteiger partial charge in [-0.1, -0.05) is 131 Å². The standard InChI is InChI=1S/C59H65N3O/c1-35-20-39(42(33-60)34-61)27-48(63-35)18-15-36-21-37-14-13-19-62-47(17-16-38(22-36)55(37)62)32-59(11,12)46-26-41-25-45(58(8,9)10)29-50-49-28-43(56(2,3)4)23-40-24-44(57(5,6)7)30-51(53(40)49)52(31-46)54(41)50/h15,18,20-31,47,49,53H,13-14,16-17,19,32H2,1-12H3/b18-15+. The molecule has 3 aromatic carbocycles. The highest BCUT2D eigenvalue weighted by atomic mass is 16.5. The summed E-state index contributed by atoms with van der Waals surface area (Å²) in [6.45, 7) is 29.3. The molecule has 6 aliphatic rings. The van der Waals surface area contributed by atoms with Crippen LogP contribution in [-0.4, -0.2) is 12.6 Å². The normalized spacial score (nSPS) is 21.8. The van der Waals surface area contributed by atoms with Crippen molar-refractivity contribution in [3.63, 3.8) is 0 Å². The Balaban J connectivity index is 1.09. The lowest BCUT2D eigenvalue weighted by atomic mass is 9.60. The third-order valence-electron chi connectivity index (χ3n) is 14.7. The molecule has 3 heterocycles. The van der Waals surface area contributed by atoms with Crippen LogP contribution in [0.25, 0.3) is 22.4 Å². The second-order valence-corrected chi connectivity index (χ2v) is 23.0. The highest BCUT2D eigenvalue weighted by Gasteiger charge is 2.43. The number of aryl methyl sites for hydroxylation is 2. The van der Waals surface area contributed by atoms with Gasteiger partial charge in [0.1, 0.15) is 29.2 Å². The summed E-state index contributed by atoms with van der Waals surface area (Å²) in [5.74, 6) is 1.92. The predicted molar refractivity (Wildman–Crippen MR) is 262 cm³/mol. The minimum atomic E-state index is -0.0606. The van der Waals surface area contributed by atoms with Crippen molar-refractivity contribution in [2.24, 2.45) is 16.7 Å². The largest absolute Gasteiger partial charge is 0.462 e. The van der Waals surface area contributed by atoms with Gasteiger partial charge in [-0.25, -0.2) is 0 Å². The minimum absolute atomic E-state index is 0.0255. The average Bonchev–Trinajstić information content (AvgIpc) is 3.21. The van der Waals surface area contributed by atoms with E-state index in [1.165, 1.54) is 72.1 Å². The Morgan fingerprint density at radius 1 is 0.762 bits per heavy atom. The molecule has 9 rings (SSSR count). The predicted octanol–water partition coefficient (Wildman–Crippen LogP) is 14.7. The molecule has 4 heteroatoms. The second-order valence-electron chi connectivity index (χ2n) is 23.0. The summed E-state index contributed by atoms with van der Waals surface area (Å²) in [4.78, 5) is 2.77. The Hall–Kier alpha value is -5.58. The monoisotopic (exact) mass is 832 g/mol. The summed E-state index contributed by atoms with van der Waals surface area (Å²) in [6.07, 6.45) is 23.4. The first kappa shape index (κ1) is 42.7. The van der Waals surface area contributed by atoms with Gasteiger partial charge >= 0.3 is 0 Å². The van der Waals surface area contributed by atoms with Crippen molar-refractivity contribution in [2.75, 3.05) is 11.4 Å². The van der Waals surface area contributed by atoms with Gasteiger partial charge in [0.25, 0.3) is 0 Å². The van der Waals surface area contributed by atoms with E-state index in [4.69, 9.17) is 4.74 Å². The third-order valence-corrected chi connectivity index (χ3v) is 14.7. The lowest BCUT2D eigenvalue weighted by Gasteiger charge is -2.46.